The van der Waals surface area contributed by atoms with Crippen molar-refractivity contribution in [3.63, 3.8) is 0 Å². The first-order valence-corrected chi connectivity index (χ1v) is 3.46. The standard InChI is InChI=1S/C8H6NO4/c10-6-13-5-7-1-3-8(4-2-7)9(11)12/h1-4H,5H2. The van der Waals surface area contributed by atoms with E-state index in [1.54, 1.807) is 0 Å². The average Bonchev–Trinajstić information content (AvgIpc) is 2.15. The van der Waals surface area contributed by atoms with Crippen molar-refractivity contribution in [2.24, 2.45) is 0 Å². The van der Waals surface area contributed by atoms with Gasteiger partial charge in [-0.05, 0) is 17.7 Å². The van der Waals surface area contributed by atoms with E-state index in [2.05, 4.69) is 4.74 Å². The Kier molecular flexibility index (Phi) is 2.97. The topological polar surface area (TPSA) is 69.4 Å². The molecule has 0 saturated carbocycles. The maximum Gasteiger partial charge on any atom is 0.417 e. The first-order valence-electron chi connectivity index (χ1n) is 3.46. The highest BCUT2D eigenvalue weighted by atomic mass is 16.6. The molecule has 0 spiro atoms. The molecule has 0 fully saturated rings. The molecule has 1 rings (SSSR count). The van der Waals surface area contributed by atoms with Crippen LogP contribution >= 0.6 is 0 Å². The largest absolute Gasteiger partial charge is 0.452 e. The molecule has 1 aromatic rings. The van der Waals surface area contributed by atoms with Gasteiger partial charge in [0, 0.05) is 12.1 Å². The number of ether oxygens (including phenoxy) is 1. The van der Waals surface area contributed by atoms with E-state index in [1.807, 2.05) is 0 Å². The molecule has 0 N–H and O–H groups in total. The molecule has 0 saturated heterocycles. The first-order chi connectivity index (χ1) is 6.24. The number of nitro benzene ring substituents is 1. The number of hydrogen-bond donors (Lipinski definition) is 0. The second kappa shape index (κ2) is 4.20. The van der Waals surface area contributed by atoms with Gasteiger partial charge in [-0.3, -0.25) is 10.1 Å². The van der Waals surface area contributed by atoms with Gasteiger partial charge < -0.3 is 4.74 Å². The minimum absolute atomic E-state index is 0.0128. The van der Waals surface area contributed by atoms with Crippen LogP contribution in [0.3, 0.4) is 0 Å². The van der Waals surface area contributed by atoms with Crippen LogP contribution < -0.4 is 0 Å². The average molecular weight is 180 g/mol. The van der Waals surface area contributed by atoms with Gasteiger partial charge in [0.1, 0.15) is 6.61 Å². The summed E-state index contributed by atoms with van der Waals surface area (Å²) >= 11 is 0. The van der Waals surface area contributed by atoms with E-state index in [1.165, 1.54) is 30.7 Å². The molecule has 5 heteroatoms. The number of nitro groups is 1. The lowest BCUT2D eigenvalue weighted by Crippen LogP contribution is -1.91. The number of benzene rings is 1. The smallest absolute Gasteiger partial charge is 0.417 e. The van der Waals surface area contributed by atoms with Gasteiger partial charge in [0.15, 0.2) is 0 Å². The molecule has 0 aliphatic heterocycles. The van der Waals surface area contributed by atoms with Crippen molar-refractivity contribution in [1.82, 2.24) is 0 Å². The normalized spacial score (nSPS) is 9.23. The van der Waals surface area contributed by atoms with Gasteiger partial charge in [-0.25, -0.2) is 4.79 Å². The van der Waals surface area contributed by atoms with Gasteiger partial charge in [-0.15, -0.1) is 0 Å². The quantitative estimate of drug-likeness (QED) is 0.515. The zero-order valence-corrected chi connectivity index (χ0v) is 6.60. The molecule has 0 atom stereocenters. The summed E-state index contributed by atoms with van der Waals surface area (Å²) in [6, 6.07) is 5.75. The van der Waals surface area contributed by atoms with Crippen LogP contribution in [0.4, 0.5) is 5.69 Å². The van der Waals surface area contributed by atoms with Crippen LogP contribution in [0, 0.1) is 10.1 Å². The Morgan fingerprint density at radius 3 is 2.46 bits per heavy atom. The predicted molar refractivity (Wildman–Crippen MR) is 43.6 cm³/mol. The molecule has 5 nitrogen and oxygen atoms in total. The summed E-state index contributed by atoms with van der Waals surface area (Å²) < 4.78 is 4.34. The van der Waals surface area contributed by atoms with Gasteiger partial charge in [-0.2, -0.15) is 0 Å². The van der Waals surface area contributed by atoms with Crippen LogP contribution in [-0.4, -0.2) is 11.4 Å². The molecule has 1 radical (unpaired) electrons. The van der Waals surface area contributed by atoms with Crippen LogP contribution in [0.5, 0.6) is 0 Å². The Morgan fingerprint density at radius 2 is 2.00 bits per heavy atom. The van der Waals surface area contributed by atoms with Crippen LogP contribution in [0.15, 0.2) is 24.3 Å². The second-order valence-electron chi connectivity index (χ2n) is 2.30. The molecule has 67 valence electrons. The minimum atomic E-state index is -0.490. The number of non-ortho nitro benzene ring substituents is 1. The summed E-state index contributed by atoms with van der Waals surface area (Å²) in [5.41, 5.74) is 0.702. The van der Waals surface area contributed by atoms with Gasteiger partial charge in [-0.1, -0.05) is 0 Å². The first kappa shape index (κ1) is 9.18. The summed E-state index contributed by atoms with van der Waals surface area (Å²) in [6.45, 7) is 1.35. The summed E-state index contributed by atoms with van der Waals surface area (Å²) in [5, 5.41) is 10.2. The summed E-state index contributed by atoms with van der Waals surface area (Å²) in [6.07, 6.45) is 0. The molecular weight excluding hydrogens is 174 g/mol. The van der Waals surface area contributed by atoms with Crippen molar-refractivity contribution in [2.45, 2.75) is 6.61 Å². The van der Waals surface area contributed by atoms with Crippen molar-refractivity contribution in [3.05, 3.63) is 39.9 Å². The highest BCUT2D eigenvalue weighted by Crippen LogP contribution is 2.11. The molecule has 1 aromatic carbocycles. The molecule has 0 aromatic heterocycles. The van der Waals surface area contributed by atoms with Crippen molar-refractivity contribution >= 4 is 12.2 Å². The van der Waals surface area contributed by atoms with E-state index in [0.29, 0.717) is 5.56 Å². The Balaban J connectivity index is 2.69. The van der Waals surface area contributed by atoms with Crippen molar-refractivity contribution < 1.29 is 14.5 Å². The Morgan fingerprint density at radius 1 is 1.38 bits per heavy atom. The number of hydrogen-bond acceptors (Lipinski definition) is 4. The van der Waals surface area contributed by atoms with E-state index in [-0.39, 0.29) is 12.3 Å². The van der Waals surface area contributed by atoms with Crippen LogP contribution in [-0.2, 0) is 16.1 Å². The van der Waals surface area contributed by atoms with Crippen molar-refractivity contribution in [3.8, 4) is 0 Å². The predicted octanol–water partition coefficient (Wildman–Crippen LogP) is 1.18. The second-order valence-corrected chi connectivity index (χ2v) is 2.30. The maximum atomic E-state index is 10.2. The van der Waals surface area contributed by atoms with Crippen LogP contribution in [0.25, 0.3) is 0 Å². The van der Waals surface area contributed by atoms with Crippen LogP contribution in [0.1, 0.15) is 5.56 Å². The molecule has 0 unspecified atom stereocenters. The van der Waals surface area contributed by atoms with Crippen LogP contribution in [0.2, 0.25) is 0 Å². The molecular formula is C8H6NO4. The zero-order chi connectivity index (χ0) is 9.68. The summed E-state index contributed by atoms with van der Waals surface area (Å²) in [5.74, 6) is 0. The van der Waals surface area contributed by atoms with E-state index in [9.17, 15) is 14.9 Å². The monoisotopic (exact) mass is 180 g/mol. The zero-order valence-electron chi connectivity index (χ0n) is 6.60. The van der Waals surface area contributed by atoms with Gasteiger partial charge in [0.25, 0.3) is 5.69 Å². The Bertz CT molecular complexity index is 306. The minimum Gasteiger partial charge on any atom is -0.452 e. The highest BCUT2D eigenvalue weighted by molar-refractivity contribution is 5.39. The van der Waals surface area contributed by atoms with Gasteiger partial charge >= 0.3 is 6.47 Å². The Hall–Kier alpha value is -1.91. The number of rotatable bonds is 4. The van der Waals surface area contributed by atoms with E-state index >= 15 is 0 Å². The lowest BCUT2D eigenvalue weighted by Gasteiger charge is -1.97. The van der Waals surface area contributed by atoms with E-state index in [0.717, 1.165) is 0 Å². The maximum absolute atomic E-state index is 10.2. The summed E-state index contributed by atoms with van der Waals surface area (Å²) in [7, 11) is 0. The molecule has 0 amide bonds. The lowest BCUT2D eigenvalue weighted by molar-refractivity contribution is -0.384. The van der Waals surface area contributed by atoms with Gasteiger partial charge in [0.05, 0.1) is 4.92 Å². The third kappa shape index (κ3) is 2.55. The third-order valence-electron chi connectivity index (χ3n) is 1.44. The molecule has 13 heavy (non-hydrogen) atoms. The molecule has 0 bridgehead atoms. The molecule has 0 aliphatic carbocycles. The molecule has 0 heterocycles. The van der Waals surface area contributed by atoms with E-state index in [4.69, 9.17) is 0 Å². The summed E-state index contributed by atoms with van der Waals surface area (Å²) in [4.78, 5) is 19.4. The fourth-order valence-corrected chi connectivity index (χ4v) is 0.827. The SMILES string of the molecule is O=[C]OCc1ccc([N+](=O)[O-])cc1. The fourth-order valence-electron chi connectivity index (χ4n) is 0.827. The fraction of sp³-hybridized carbons (Fsp3) is 0.125. The van der Waals surface area contributed by atoms with Crippen molar-refractivity contribution in [1.29, 1.82) is 0 Å². The van der Waals surface area contributed by atoms with Gasteiger partial charge in [0.2, 0.25) is 0 Å². The number of carbonyl (C=O) groups excluding carboxylic acids is 1. The lowest BCUT2D eigenvalue weighted by atomic mass is 10.2. The third-order valence-corrected chi connectivity index (χ3v) is 1.44. The van der Waals surface area contributed by atoms with Crippen molar-refractivity contribution in [2.75, 3.05) is 0 Å². The number of nitrogens with zero attached hydrogens (tertiary/aromatic N) is 1. The Labute approximate surface area is 74.1 Å². The molecule has 0 aliphatic rings. The van der Waals surface area contributed by atoms with E-state index < -0.39 is 4.92 Å². The highest BCUT2D eigenvalue weighted by Gasteiger charge is 2.03.